The molecule has 134 valence electrons. The van der Waals surface area contributed by atoms with Crippen molar-refractivity contribution in [2.45, 2.75) is 39.3 Å². The summed E-state index contributed by atoms with van der Waals surface area (Å²) in [5.74, 6) is 0.968. The van der Waals surface area contributed by atoms with Crippen LogP contribution in [0.25, 0.3) is 0 Å². The van der Waals surface area contributed by atoms with Crippen LogP contribution >= 0.6 is 0 Å². The third-order valence-corrected chi connectivity index (χ3v) is 4.58. The zero-order valence-corrected chi connectivity index (χ0v) is 15.4. The largest absolute Gasteiger partial charge is 0.350 e. The fourth-order valence-electron chi connectivity index (χ4n) is 2.94. The maximum Gasteiger partial charge on any atom is 0.251 e. The molecule has 26 heavy (non-hydrogen) atoms. The summed E-state index contributed by atoms with van der Waals surface area (Å²) in [7, 11) is 0. The molecule has 0 unspecified atom stereocenters. The fraction of sp³-hybridized carbons (Fsp3) is 0.273. The van der Waals surface area contributed by atoms with Gasteiger partial charge >= 0.3 is 0 Å². The summed E-state index contributed by atoms with van der Waals surface area (Å²) in [4.78, 5) is 16.7. The van der Waals surface area contributed by atoms with E-state index in [1.165, 1.54) is 5.56 Å². The second-order valence-corrected chi connectivity index (χ2v) is 6.70. The fourth-order valence-corrected chi connectivity index (χ4v) is 2.94. The van der Waals surface area contributed by atoms with E-state index in [0.29, 0.717) is 5.56 Å². The van der Waals surface area contributed by atoms with Gasteiger partial charge in [0.25, 0.3) is 5.91 Å². The van der Waals surface area contributed by atoms with Crippen molar-refractivity contribution in [3.8, 4) is 0 Å². The molecule has 0 aliphatic rings. The van der Waals surface area contributed by atoms with Crippen molar-refractivity contribution >= 4 is 5.91 Å². The lowest BCUT2D eigenvalue weighted by Crippen LogP contribution is -2.32. The smallest absolute Gasteiger partial charge is 0.251 e. The molecule has 3 aromatic rings. The first-order valence-electron chi connectivity index (χ1n) is 9.03. The molecule has 2 aromatic carbocycles. The third-order valence-electron chi connectivity index (χ3n) is 4.58. The number of hydrogen-bond acceptors (Lipinski definition) is 2. The number of benzene rings is 2. The summed E-state index contributed by atoms with van der Waals surface area (Å²) in [6.07, 6.45) is 5.65. The summed E-state index contributed by atoms with van der Waals surface area (Å²) in [5, 5.41) is 3.09. The van der Waals surface area contributed by atoms with Crippen molar-refractivity contribution in [1.82, 2.24) is 14.9 Å². The molecule has 0 radical (unpaired) electrons. The standard InChI is InChI=1S/C22H25N3O/c1-17(8-9-19-6-4-3-5-7-19)24-22(26)21-12-10-20(11-13-21)16-25-15-14-23-18(25)2/h3-7,10-15,17H,8-9,16H2,1-2H3,(H,24,26)/t17-/m0/s1. The van der Waals surface area contributed by atoms with Gasteiger partial charge in [-0.25, -0.2) is 4.98 Å². The molecule has 3 rings (SSSR count). The Morgan fingerprint density at radius 1 is 1.08 bits per heavy atom. The first-order chi connectivity index (χ1) is 12.6. The van der Waals surface area contributed by atoms with E-state index in [1.807, 2.05) is 55.6 Å². The van der Waals surface area contributed by atoms with Crippen LogP contribution in [0.5, 0.6) is 0 Å². The van der Waals surface area contributed by atoms with E-state index < -0.39 is 0 Å². The molecule has 1 amide bonds. The minimum absolute atomic E-state index is 0.0177. The number of nitrogens with zero attached hydrogens (tertiary/aromatic N) is 2. The number of imidazole rings is 1. The predicted octanol–water partition coefficient (Wildman–Crippen LogP) is 3.99. The molecule has 4 nitrogen and oxygen atoms in total. The van der Waals surface area contributed by atoms with Gasteiger partial charge in [0, 0.05) is 30.5 Å². The molecular weight excluding hydrogens is 322 g/mol. The Labute approximate surface area is 154 Å². The zero-order chi connectivity index (χ0) is 18.4. The Morgan fingerprint density at radius 3 is 2.46 bits per heavy atom. The number of carbonyl (C=O) groups excluding carboxylic acids is 1. The summed E-state index contributed by atoms with van der Waals surface area (Å²) in [6, 6.07) is 18.3. The van der Waals surface area contributed by atoms with E-state index in [1.54, 1.807) is 6.20 Å². The van der Waals surface area contributed by atoms with Crippen LogP contribution in [0.2, 0.25) is 0 Å². The van der Waals surface area contributed by atoms with E-state index in [4.69, 9.17) is 0 Å². The molecule has 0 saturated carbocycles. The number of rotatable bonds is 7. The van der Waals surface area contributed by atoms with Crippen LogP contribution in [0.1, 0.15) is 40.7 Å². The van der Waals surface area contributed by atoms with E-state index in [9.17, 15) is 4.79 Å². The van der Waals surface area contributed by atoms with Gasteiger partial charge in [0.05, 0.1) is 0 Å². The summed E-state index contributed by atoms with van der Waals surface area (Å²) in [5.41, 5.74) is 3.15. The summed E-state index contributed by atoms with van der Waals surface area (Å²) >= 11 is 0. The van der Waals surface area contributed by atoms with Crippen molar-refractivity contribution in [3.05, 3.63) is 89.5 Å². The lowest BCUT2D eigenvalue weighted by atomic mass is 10.1. The maximum absolute atomic E-state index is 12.4. The molecule has 1 atom stereocenters. The highest BCUT2D eigenvalue weighted by Crippen LogP contribution is 2.09. The second-order valence-electron chi connectivity index (χ2n) is 6.70. The van der Waals surface area contributed by atoms with Crippen LogP contribution in [-0.4, -0.2) is 21.5 Å². The lowest BCUT2D eigenvalue weighted by molar-refractivity contribution is 0.0938. The van der Waals surface area contributed by atoms with Crippen molar-refractivity contribution in [2.24, 2.45) is 0 Å². The molecular formula is C22H25N3O. The van der Waals surface area contributed by atoms with Crippen LogP contribution < -0.4 is 5.32 Å². The minimum Gasteiger partial charge on any atom is -0.350 e. The molecule has 4 heteroatoms. The van der Waals surface area contributed by atoms with Crippen molar-refractivity contribution in [3.63, 3.8) is 0 Å². The Balaban J connectivity index is 1.52. The molecule has 1 heterocycles. The Bertz CT molecular complexity index is 837. The average molecular weight is 347 g/mol. The average Bonchev–Trinajstić information content (AvgIpc) is 3.06. The predicted molar refractivity (Wildman–Crippen MR) is 104 cm³/mol. The first-order valence-corrected chi connectivity index (χ1v) is 9.03. The Hall–Kier alpha value is -2.88. The van der Waals surface area contributed by atoms with Gasteiger partial charge in [-0.15, -0.1) is 0 Å². The number of amides is 1. The van der Waals surface area contributed by atoms with Crippen LogP contribution in [0.4, 0.5) is 0 Å². The van der Waals surface area contributed by atoms with Gasteiger partial charge < -0.3 is 9.88 Å². The summed E-state index contributed by atoms with van der Waals surface area (Å²) in [6.45, 7) is 4.80. The topological polar surface area (TPSA) is 46.9 Å². The van der Waals surface area contributed by atoms with Crippen LogP contribution in [0, 0.1) is 6.92 Å². The second kappa shape index (κ2) is 8.48. The van der Waals surface area contributed by atoms with Gasteiger partial charge in [-0.05, 0) is 49.9 Å². The SMILES string of the molecule is Cc1nccn1Cc1ccc(C(=O)N[C@@H](C)CCc2ccccc2)cc1. The van der Waals surface area contributed by atoms with Crippen molar-refractivity contribution in [1.29, 1.82) is 0 Å². The summed E-state index contributed by atoms with van der Waals surface area (Å²) < 4.78 is 2.08. The number of carbonyl (C=O) groups is 1. The molecule has 0 saturated heterocycles. The molecule has 0 aliphatic heterocycles. The van der Waals surface area contributed by atoms with Gasteiger partial charge in [-0.2, -0.15) is 0 Å². The highest BCUT2D eigenvalue weighted by Gasteiger charge is 2.10. The third kappa shape index (κ3) is 4.82. The molecule has 1 N–H and O–H groups in total. The molecule has 0 spiro atoms. The van der Waals surface area contributed by atoms with Gasteiger partial charge in [-0.3, -0.25) is 4.79 Å². The van der Waals surface area contributed by atoms with Gasteiger partial charge in [0.2, 0.25) is 0 Å². The first kappa shape index (κ1) is 17.9. The lowest BCUT2D eigenvalue weighted by Gasteiger charge is -2.14. The minimum atomic E-state index is -0.0177. The maximum atomic E-state index is 12.4. The van der Waals surface area contributed by atoms with E-state index >= 15 is 0 Å². The molecule has 1 aromatic heterocycles. The normalized spacial score (nSPS) is 11.9. The highest BCUT2D eigenvalue weighted by atomic mass is 16.1. The Morgan fingerprint density at radius 2 is 1.81 bits per heavy atom. The van der Waals surface area contributed by atoms with Gasteiger partial charge in [0.15, 0.2) is 0 Å². The Kier molecular flexibility index (Phi) is 5.84. The number of hydrogen-bond donors (Lipinski definition) is 1. The molecule has 0 fully saturated rings. The van der Waals surface area contributed by atoms with Crippen molar-refractivity contribution < 1.29 is 4.79 Å². The quantitative estimate of drug-likeness (QED) is 0.702. The highest BCUT2D eigenvalue weighted by molar-refractivity contribution is 5.94. The molecule has 0 bridgehead atoms. The number of aromatic nitrogens is 2. The van der Waals surface area contributed by atoms with Crippen LogP contribution in [0.15, 0.2) is 67.0 Å². The van der Waals surface area contributed by atoms with E-state index in [-0.39, 0.29) is 11.9 Å². The monoisotopic (exact) mass is 347 g/mol. The van der Waals surface area contributed by atoms with E-state index in [2.05, 4.69) is 33.9 Å². The van der Waals surface area contributed by atoms with Crippen LogP contribution in [-0.2, 0) is 13.0 Å². The van der Waals surface area contributed by atoms with Crippen molar-refractivity contribution in [2.75, 3.05) is 0 Å². The zero-order valence-electron chi connectivity index (χ0n) is 15.4. The van der Waals surface area contributed by atoms with Gasteiger partial charge in [-0.1, -0.05) is 42.5 Å². The van der Waals surface area contributed by atoms with Gasteiger partial charge in [0.1, 0.15) is 5.82 Å². The number of nitrogens with one attached hydrogen (secondary N) is 1. The van der Waals surface area contributed by atoms with E-state index in [0.717, 1.165) is 30.8 Å². The molecule has 0 aliphatic carbocycles. The van der Waals surface area contributed by atoms with Crippen LogP contribution in [0.3, 0.4) is 0 Å². The number of aryl methyl sites for hydroxylation is 2.